The second-order valence-electron chi connectivity index (χ2n) is 7.83. The molecule has 2 amide bonds. The van der Waals surface area contributed by atoms with E-state index in [9.17, 15) is 9.59 Å². The molecule has 32 heavy (non-hydrogen) atoms. The van der Waals surface area contributed by atoms with Crippen LogP contribution in [0.25, 0.3) is 6.08 Å². The van der Waals surface area contributed by atoms with Crippen molar-refractivity contribution in [2.75, 3.05) is 44.4 Å². The summed E-state index contributed by atoms with van der Waals surface area (Å²) in [5, 5.41) is -0.230. The third kappa shape index (κ3) is 5.06. The molecular formula is C25H27N3O3S. The molecule has 0 spiro atoms. The fraction of sp³-hybridized carbons (Fsp3) is 0.280. The van der Waals surface area contributed by atoms with Gasteiger partial charge in [0, 0.05) is 37.4 Å². The number of ether oxygens (including phenoxy) is 1. The maximum absolute atomic E-state index is 13.0. The van der Waals surface area contributed by atoms with E-state index in [0.29, 0.717) is 23.9 Å². The normalized spacial score (nSPS) is 18.5. The van der Waals surface area contributed by atoms with Gasteiger partial charge >= 0.3 is 0 Å². The summed E-state index contributed by atoms with van der Waals surface area (Å²) in [7, 11) is 0. The van der Waals surface area contributed by atoms with Crippen LogP contribution < -0.4 is 9.64 Å². The fourth-order valence-corrected chi connectivity index (χ4v) is 4.64. The summed E-state index contributed by atoms with van der Waals surface area (Å²) in [4.78, 5) is 31.8. The molecule has 0 aliphatic carbocycles. The molecule has 0 saturated carbocycles. The molecule has 2 aliphatic rings. The van der Waals surface area contributed by atoms with E-state index in [4.69, 9.17) is 4.74 Å². The molecule has 2 aromatic rings. The van der Waals surface area contributed by atoms with Crippen LogP contribution in [0.15, 0.2) is 66.1 Å². The Labute approximate surface area is 193 Å². The predicted molar refractivity (Wildman–Crippen MR) is 130 cm³/mol. The fourth-order valence-electron chi connectivity index (χ4n) is 3.82. The van der Waals surface area contributed by atoms with E-state index in [1.807, 2.05) is 24.3 Å². The molecule has 2 aromatic carbocycles. The highest BCUT2D eigenvalue weighted by atomic mass is 32.2. The molecule has 2 aliphatic heterocycles. The van der Waals surface area contributed by atoms with Gasteiger partial charge in [-0.15, -0.1) is 0 Å². The van der Waals surface area contributed by atoms with Crippen LogP contribution >= 0.6 is 11.8 Å². The van der Waals surface area contributed by atoms with E-state index >= 15 is 0 Å². The smallest absolute Gasteiger partial charge is 0.294 e. The van der Waals surface area contributed by atoms with Gasteiger partial charge in [-0.2, -0.15) is 0 Å². The van der Waals surface area contributed by atoms with E-state index in [1.165, 1.54) is 16.2 Å². The highest BCUT2D eigenvalue weighted by Gasteiger charge is 2.36. The molecule has 0 bridgehead atoms. The summed E-state index contributed by atoms with van der Waals surface area (Å²) in [6, 6.07) is 15.9. The number of amides is 2. The first-order valence-corrected chi connectivity index (χ1v) is 11.5. The lowest BCUT2D eigenvalue weighted by Gasteiger charge is -2.37. The third-order valence-corrected chi connectivity index (χ3v) is 6.42. The molecule has 7 heteroatoms. The topological polar surface area (TPSA) is 53.1 Å². The van der Waals surface area contributed by atoms with Gasteiger partial charge in [0.05, 0.1) is 11.6 Å². The Kier molecular flexibility index (Phi) is 6.97. The van der Waals surface area contributed by atoms with Crippen LogP contribution in [0, 0.1) is 6.92 Å². The minimum atomic E-state index is -0.250. The molecule has 0 N–H and O–H groups in total. The molecular weight excluding hydrogens is 422 g/mol. The summed E-state index contributed by atoms with van der Waals surface area (Å²) in [6.07, 6.45) is 3.41. The Balaban J connectivity index is 1.39. The van der Waals surface area contributed by atoms with E-state index in [-0.39, 0.29) is 11.1 Å². The Bertz CT molecular complexity index is 1040. The number of para-hydroxylation sites is 1. The number of benzene rings is 2. The zero-order valence-electron chi connectivity index (χ0n) is 18.2. The van der Waals surface area contributed by atoms with Gasteiger partial charge in [0.25, 0.3) is 11.1 Å². The lowest BCUT2D eigenvalue weighted by molar-refractivity contribution is -0.124. The predicted octanol–water partition coefficient (Wildman–Crippen LogP) is 4.38. The number of hydrogen-bond acceptors (Lipinski definition) is 6. The van der Waals surface area contributed by atoms with Gasteiger partial charge in [-0.25, -0.2) is 0 Å². The van der Waals surface area contributed by atoms with Gasteiger partial charge in [0.2, 0.25) is 0 Å². The first kappa shape index (κ1) is 22.2. The van der Waals surface area contributed by atoms with Crippen molar-refractivity contribution in [3.05, 3.63) is 77.2 Å². The quantitative estimate of drug-likeness (QED) is 0.462. The second kappa shape index (κ2) is 10.1. The molecule has 2 saturated heterocycles. The Morgan fingerprint density at radius 2 is 1.84 bits per heavy atom. The Morgan fingerprint density at radius 3 is 2.59 bits per heavy atom. The second-order valence-corrected chi connectivity index (χ2v) is 8.83. The van der Waals surface area contributed by atoms with Gasteiger partial charge in [0.1, 0.15) is 12.4 Å². The van der Waals surface area contributed by atoms with Crippen molar-refractivity contribution in [2.24, 2.45) is 0 Å². The SMILES string of the molecule is C=CCOc1ccccc1/C=C1/SC(=O)N(CN2CCN(c3cccc(C)c3)CC2)C1=O. The minimum Gasteiger partial charge on any atom is -0.489 e. The number of carbonyl (C=O) groups excluding carboxylic acids is 2. The summed E-state index contributed by atoms with van der Waals surface area (Å²) < 4.78 is 5.67. The zero-order chi connectivity index (χ0) is 22.5. The monoisotopic (exact) mass is 449 g/mol. The summed E-state index contributed by atoms with van der Waals surface area (Å²) >= 11 is 0.983. The Morgan fingerprint density at radius 1 is 1.06 bits per heavy atom. The lowest BCUT2D eigenvalue weighted by Crippen LogP contribution is -2.50. The summed E-state index contributed by atoms with van der Waals surface area (Å²) in [6.45, 7) is 9.78. The van der Waals surface area contributed by atoms with Crippen LogP contribution in [0.5, 0.6) is 5.75 Å². The van der Waals surface area contributed by atoms with Crippen molar-refractivity contribution in [1.82, 2.24) is 9.80 Å². The van der Waals surface area contributed by atoms with E-state index in [1.54, 1.807) is 12.2 Å². The van der Waals surface area contributed by atoms with Crippen LogP contribution in [-0.2, 0) is 4.79 Å². The molecule has 166 valence electrons. The number of aryl methyl sites for hydroxylation is 1. The largest absolute Gasteiger partial charge is 0.489 e. The van der Waals surface area contributed by atoms with Crippen molar-refractivity contribution in [3.63, 3.8) is 0 Å². The van der Waals surface area contributed by atoms with Crippen LogP contribution in [0.2, 0.25) is 0 Å². The first-order chi connectivity index (χ1) is 15.5. The molecule has 0 radical (unpaired) electrons. The van der Waals surface area contributed by atoms with E-state index in [2.05, 4.69) is 47.6 Å². The van der Waals surface area contributed by atoms with E-state index < -0.39 is 0 Å². The van der Waals surface area contributed by atoms with Crippen molar-refractivity contribution in [1.29, 1.82) is 0 Å². The third-order valence-electron chi connectivity index (χ3n) is 5.52. The van der Waals surface area contributed by atoms with Crippen LogP contribution in [0.1, 0.15) is 11.1 Å². The van der Waals surface area contributed by atoms with Crippen LogP contribution in [0.4, 0.5) is 10.5 Å². The molecule has 4 rings (SSSR count). The van der Waals surface area contributed by atoms with Gasteiger partial charge < -0.3 is 9.64 Å². The van der Waals surface area contributed by atoms with Crippen molar-refractivity contribution in [3.8, 4) is 5.75 Å². The number of imide groups is 1. The van der Waals surface area contributed by atoms with E-state index in [0.717, 1.165) is 43.5 Å². The molecule has 2 fully saturated rings. The number of hydrogen-bond donors (Lipinski definition) is 0. The number of anilines is 1. The highest BCUT2D eigenvalue weighted by Crippen LogP contribution is 2.34. The minimum absolute atomic E-state index is 0.230. The number of nitrogens with zero attached hydrogens (tertiary/aromatic N) is 3. The average molecular weight is 450 g/mol. The Hall–Kier alpha value is -3.03. The zero-order valence-corrected chi connectivity index (χ0v) is 19.0. The number of thioether (sulfide) groups is 1. The summed E-state index contributed by atoms with van der Waals surface area (Å²) in [5.74, 6) is 0.408. The lowest BCUT2D eigenvalue weighted by atomic mass is 10.2. The molecule has 0 atom stereocenters. The molecule has 0 aromatic heterocycles. The number of rotatable bonds is 7. The highest BCUT2D eigenvalue weighted by molar-refractivity contribution is 8.18. The van der Waals surface area contributed by atoms with Gasteiger partial charge in [-0.1, -0.05) is 43.0 Å². The van der Waals surface area contributed by atoms with Crippen molar-refractivity contribution < 1.29 is 14.3 Å². The summed E-state index contributed by atoms with van der Waals surface area (Å²) in [5.41, 5.74) is 3.23. The standard InChI is InChI=1S/C25H27N3O3S/c1-3-15-31-22-10-5-4-8-20(22)17-23-24(29)28(25(30)32-23)18-26-11-13-27(14-12-26)21-9-6-7-19(2)16-21/h3-10,16-17H,1,11-15,18H2,2H3/b23-17+. The molecule has 0 unspecified atom stereocenters. The molecule has 2 heterocycles. The van der Waals surface area contributed by atoms with Crippen molar-refractivity contribution >= 4 is 34.7 Å². The van der Waals surface area contributed by atoms with Crippen LogP contribution in [-0.4, -0.2) is 60.4 Å². The van der Waals surface area contributed by atoms with Crippen LogP contribution in [0.3, 0.4) is 0 Å². The van der Waals surface area contributed by atoms with Gasteiger partial charge in [0.15, 0.2) is 0 Å². The first-order valence-electron chi connectivity index (χ1n) is 10.7. The van der Waals surface area contributed by atoms with Crippen molar-refractivity contribution in [2.45, 2.75) is 6.92 Å². The number of carbonyl (C=O) groups is 2. The maximum atomic E-state index is 13.0. The number of piperazine rings is 1. The maximum Gasteiger partial charge on any atom is 0.294 e. The molecule has 6 nitrogen and oxygen atoms in total. The average Bonchev–Trinajstić information content (AvgIpc) is 3.06. The van der Waals surface area contributed by atoms with Gasteiger partial charge in [-0.05, 0) is 48.5 Å². The van der Waals surface area contributed by atoms with Gasteiger partial charge in [-0.3, -0.25) is 19.4 Å².